The second-order valence-electron chi connectivity index (χ2n) is 2.90. The van der Waals surface area contributed by atoms with Gasteiger partial charge in [0.05, 0.1) is 0 Å². The molecule has 0 amide bonds. The Morgan fingerprint density at radius 3 is 2.58 bits per heavy atom. The third-order valence-corrected chi connectivity index (χ3v) is 2.07. The highest BCUT2D eigenvalue weighted by Gasteiger charge is 2.06. The summed E-state index contributed by atoms with van der Waals surface area (Å²) in [5.41, 5.74) is 6.71. The van der Waals surface area contributed by atoms with Crippen LogP contribution in [0.3, 0.4) is 0 Å². The number of rotatable bonds is 3. The third kappa shape index (κ3) is 1.95. The van der Waals surface area contributed by atoms with Crippen LogP contribution >= 0.6 is 0 Å². The first-order chi connectivity index (χ1) is 5.75. The van der Waals surface area contributed by atoms with E-state index in [4.69, 9.17) is 5.73 Å². The molecule has 1 rings (SSSR count). The lowest BCUT2D eigenvalue weighted by Gasteiger charge is -2.25. The molecule has 3 nitrogen and oxygen atoms in total. The number of hydrogen-bond acceptors (Lipinski definition) is 3. The quantitative estimate of drug-likeness (QED) is 0.722. The smallest absolute Gasteiger partial charge is 0.0397 e. The van der Waals surface area contributed by atoms with Crippen LogP contribution in [-0.2, 0) is 0 Å². The van der Waals surface area contributed by atoms with Crippen molar-refractivity contribution < 1.29 is 0 Å². The summed E-state index contributed by atoms with van der Waals surface area (Å²) < 4.78 is 0. The Balaban J connectivity index is 2.71. The molecule has 1 aromatic heterocycles. The van der Waals surface area contributed by atoms with Crippen molar-refractivity contribution in [2.45, 2.75) is 13.0 Å². The van der Waals surface area contributed by atoms with Crippen LogP contribution < -0.4 is 10.6 Å². The Morgan fingerprint density at radius 2 is 2.08 bits per heavy atom. The first-order valence-electron chi connectivity index (χ1n) is 4.08. The van der Waals surface area contributed by atoms with E-state index in [0.29, 0.717) is 12.6 Å². The Kier molecular flexibility index (Phi) is 3.05. The molecule has 1 atom stereocenters. The van der Waals surface area contributed by atoms with E-state index in [0.717, 1.165) is 5.69 Å². The van der Waals surface area contributed by atoms with E-state index in [1.165, 1.54) is 0 Å². The number of hydrogen-bond donors (Lipinski definition) is 1. The summed E-state index contributed by atoms with van der Waals surface area (Å²) >= 11 is 0. The van der Waals surface area contributed by atoms with Crippen LogP contribution in [0, 0.1) is 0 Å². The van der Waals surface area contributed by atoms with E-state index >= 15 is 0 Å². The molecule has 0 aliphatic rings. The number of pyridine rings is 1. The molecule has 0 saturated carbocycles. The van der Waals surface area contributed by atoms with Gasteiger partial charge in [-0.15, -0.1) is 0 Å². The van der Waals surface area contributed by atoms with Gasteiger partial charge in [-0.2, -0.15) is 0 Å². The van der Waals surface area contributed by atoms with E-state index in [-0.39, 0.29) is 0 Å². The van der Waals surface area contributed by atoms with Gasteiger partial charge in [0.2, 0.25) is 0 Å². The van der Waals surface area contributed by atoms with E-state index in [1.54, 1.807) is 12.4 Å². The van der Waals surface area contributed by atoms with Crippen LogP contribution in [0.1, 0.15) is 6.92 Å². The lowest BCUT2D eigenvalue weighted by Crippen LogP contribution is -2.35. The molecule has 3 heteroatoms. The largest absolute Gasteiger partial charge is 0.371 e. The molecule has 2 N–H and O–H groups in total. The lowest BCUT2D eigenvalue weighted by molar-refractivity contribution is 0.695. The Bertz CT molecular complexity index is 222. The number of nitrogens with zero attached hydrogens (tertiary/aromatic N) is 2. The maximum absolute atomic E-state index is 5.55. The Hall–Kier alpha value is -1.09. The van der Waals surface area contributed by atoms with E-state index < -0.39 is 0 Å². The predicted molar refractivity (Wildman–Crippen MR) is 51.2 cm³/mol. The van der Waals surface area contributed by atoms with Crippen molar-refractivity contribution >= 4 is 5.69 Å². The Morgan fingerprint density at radius 1 is 1.50 bits per heavy atom. The van der Waals surface area contributed by atoms with Crippen molar-refractivity contribution in [1.29, 1.82) is 0 Å². The molecule has 0 spiro atoms. The van der Waals surface area contributed by atoms with Gasteiger partial charge in [0.1, 0.15) is 0 Å². The highest BCUT2D eigenvalue weighted by molar-refractivity contribution is 5.44. The minimum absolute atomic E-state index is 0.368. The molecule has 0 fully saturated rings. The molecule has 0 bridgehead atoms. The third-order valence-electron chi connectivity index (χ3n) is 2.07. The van der Waals surface area contributed by atoms with Crippen molar-refractivity contribution in [3.8, 4) is 0 Å². The molecule has 66 valence electrons. The Labute approximate surface area is 73.2 Å². The topological polar surface area (TPSA) is 42.1 Å². The number of anilines is 1. The van der Waals surface area contributed by atoms with Crippen LogP contribution in [0.4, 0.5) is 5.69 Å². The molecule has 0 aliphatic heterocycles. The zero-order chi connectivity index (χ0) is 8.97. The molecular formula is C9H15N3. The summed E-state index contributed by atoms with van der Waals surface area (Å²) in [7, 11) is 2.03. The van der Waals surface area contributed by atoms with E-state index in [2.05, 4.69) is 16.8 Å². The fraction of sp³-hybridized carbons (Fsp3) is 0.444. The second-order valence-corrected chi connectivity index (χ2v) is 2.90. The van der Waals surface area contributed by atoms with Crippen LogP contribution in [0.2, 0.25) is 0 Å². The van der Waals surface area contributed by atoms with Crippen molar-refractivity contribution in [1.82, 2.24) is 4.98 Å². The van der Waals surface area contributed by atoms with Gasteiger partial charge >= 0.3 is 0 Å². The minimum atomic E-state index is 0.368. The summed E-state index contributed by atoms with van der Waals surface area (Å²) in [6.07, 6.45) is 3.57. The molecule has 1 heterocycles. The summed E-state index contributed by atoms with van der Waals surface area (Å²) in [4.78, 5) is 6.10. The monoisotopic (exact) mass is 165 g/mol. The SMILES string of the molecule is CC(CN)N(C)c1ccncc1. The van der Waals surface area contributed by atoms with Gasteiger partial charge in [-0.25, -0.2) is 0 Å². The molecule has 1 unspecified atom stereocenters. The fourth-order valence-electron chi connectivity index (χ4n) is 0.992. The van der Waals surface area contributed by atoms with Crippen molar-refractivity contribution in [3.05, 3.63) is 24.5 Å². The van der Waals surface area contributed by atoms with Crippen molar-refractivity contribution in [2.75, 3.05) is 18.5 Å². The van der Waals surface area contributed by atoms with Gasteiger partial charge in [0.25, 0.3) is 0 Å². The molecule has 0 aromatic carbocycles. The van der Waals surface area contributed by atoms with Gasteiger partial charge in [0, 0.05) is 37.7 Å². The first-order valence-corrected chi connectivity index (χ1v) is 4.08. The van der Waals surface area contributed by atoms with Gasteiger partial charge in [0.15, 0.2) is 0 Å². The van der Waals surface area contributed by atoms with E-state index in [9.17, 15) is 0 Å². The highest BCUT2D eigenvalue weighted by Crippen LogP contribution is 2.11. The predicted octanol–water partition coefficient (Wildman–Crippen LogP) is 0.865. The molecular weight excluding hydrogens is 150 g/mol. The zero-order valence-electron chi connectivity index (χ0n) is 7.57. The highest BCUT2D eigenvalue weighted by atomic mass is 15.1. The number of likely N-dealkylation sites (N-methyl/N-ethyl adjacent to an activating group) is 1. The van der Waals surface area contributed by atoms with E-state index in [1.807, 2.05) is 19.2 Å². The van der Waals surface area contributed by atoms with Gasteiger partial charge in [-0.05, 0) is 19.1 Å². The lowest BCUT2D eigenvalue weighted by atomic mass is 10.2. The molecule has 12 heavy (non-hydrogen) atoms. The number of nitrogens with two attached hydrogens (primary N) is 1. The van der Waals surface area contributed by atoms with Crippen LogP contribution in [0.15, 0.2) is 24.5 Å². The summed E-state index contributed by atoms with van der Waals surface area (Å²) in [6, 6.07) is 4.32. The van der Waals surface area contributed by atoms with Crippen LogP contribution in [0.25, 0.3) is 0 Å². The zero-order valence-corrected chi connectivity index (χ0v) is 7.57. The molecule has 0 radical (unpaired) electrons. The number of aromatic nitrogens is 1. The van der Waals surface area contributed by atoms with Gasteiger partial charge in [-0.3, -0.25) is 4.98 Å². The van der Waals surface area contributed by atoms with Crippen LogP contribution in [-0.4, -0.2) is 24.6 Å². The second kappa shape index (κ2) is 4.07. The first kappa shape index (κ1) is 9.00. The molecule has 0 saturated heterocycles. The molecule has 0 aliphatic carbocycles. The average Bonchev–Trinajstić information content (AvgIpc) is 2.17. The summed E-state index contributed by atoms with van der Waals surface area (Å²) in [5.74, 6) is 0. The minimum Gasteiger partial charge on any atom is -0.371 e. The summed E-state index contributed by atoms with van der Waals surface area (Å²) in [5, 5.41) is 0. The van der Waals surface area contributed by atoms with Gasteiger partial charge < -0.3 is 10.6 Å². The van der Waals surface area contributed by atoms with Crippen molar-refractivity contribution in [3.63, 3.8) is 0 Å². The van der Waals surface area contributed by atoms with Gasteiger partial charge in [-0.1, -0.05) is 0 Å². The maximum atomic E-state index is 5.55. The fourth-order valence-corrected chi connectivity index (χ4v) is 0.992. The normalized spacial score (nSPS) is 12.6. The average molecular weight is 165 g/mol. The standard InChI is InChI=1S/C9H15N3/c1-8(7-10)12(2)9-3-5-11-6-4-9/h3-6,8H,7,10H2,1-2H3. The molecule has 1 aromatic rings. The summed E-state index contributed by atoms with van der Waals surface area (Å²) in [6.45, 7) is 2.76. The maximum Gasteiger partial charge on any atom is 0.0397 e. The van der Waals surface area contributed by atoms with Crippen molar-refractivity contribution in [2.24, 2.45) is 5.73 Å². The van der Waals surface area contributed by atoms with Crippen LogP contribution in [0.5, 0.6) is 0 Å².